The van der Waals surface area contributed by atoms with Crippen molar-refractivity contribution in [1.82, 2.24) is 9.78 Å². The predicted molar refractivity (Wildman–Crippen MR) is 61.0 cm³/mol. The lowest BCUT2D eigenvalue weighted by molar-refractivity contribution is 0.627. The van der Waals surface area contributed by atoms with Gasteiger partial charge in [0.05, 0.1) is 11.4 Å². The molecule has 0 radical (unpaired) electrons. The first-order chi connectivity index (χ1) is 7.70. The number of nitrogens with two attached hydrogens (primary N) is 1. The highest BCUT2D eigenvalue weighted by Gasteiger charge is 2.05. The quantitative estimate of drug-likeness (QED) is 0.855. The van der Waals surface area contributed by atoms with Crippen LogP contribution in [0.5, 0.6) is 0 Å². The fourth-order valence-corrected chi connectivity index (χ4v) is 1.62. The molecule has 1 heterocycles. The van der Waals surface area contributed by atoms with E-state index in [0.29, 0.717) is 6.54 Å². The minimum absolute atomic E-state index is 0.241. The summed E-state index contributed by atoms with van der Waals surface area (Å²) in [5, 5.41) is 4.37. The van der Waals surface area contributed by atoms with Crippen molar-refractivity contribution in [2.24, 2.45) is 5.73 Å². The number of aryl methyl sites for hydroxylation is 1. The molecule has 0 spiro atoms. The van der Waals surface area contributed by atoms with Crippen molar-refractivity contribution in [3.05, 3.63) is 47.5 Å². The summed E-state index contributed by atoms with van der Waals surface area (Å²) in [6.07, 6.45) is 2.75. The lowest BCUT2D eigenvalue weighted by Gasteiger charge is -1.99. The van der Waals surface area contributed by atoms with Crippen LogP contribution >= 0.6 is 0 Å². The van der Waals surface area contributed by atoms with E-state index in [4.69, 9.17) is 5.73 Å². The van der Waals surface area contributed by atoms with Gasteiger partial charge in [0.2, 0.25) is 0 Å². The molecular weight excluding hydrogens is 205 g/mol. The van der Waals surface area contributed by atoms with Gasteiger partial charge in [0.15, 0.2) is 0 Å². The molecule has 4 heteroatoms. The Bertz CT molecular complexity index is 474. The smallest absolute Gasteiger partial charge is 0.123 e. The highest BCUT2D eigenvalue weighted by molar-refractivity contribution is 5.33. The molecule has 2 rings (SSSR count). The minimum atomic E-state index is -0.241. The molecule has 2 aromatic rings. The van der Waals surface area contributed by atoms with E-state index in [2.05, 4.69) is 5.10 Å². The second-order valence-corrected chi connectivity index (χ2v) is 3.70. The van der Waals surface area contributed by atoms with Gasteiger partial charge in [0.25, 0.3) is 0 Å². The van der Waals surface area contributed by atoms with Crippen LogP contribution in [-0.2, 0) is 6.42 Å². The number of hydrogen-bond donors (Lipinski definition) is 1. The fourth-order valence-electron chi connectivity index (χ4n) is 1.62. The first kappa shape index (κ1) is 10.8. The van der Waals surface area contributed by atoms with Gasteiger partial charge in [-0.15, -0.1) is 0 Å². The van der Waals surface area contributed by atoms with E-state index >= 15 is 0 Å². The Labute approximate surface area is 93.7 Å². The third-order valence-electron chi connectivity index (χ3n) is 2.51. The maximum Gasteiger partial charge on any atom is 0.123 e. The summed E-state index contributed by atoms with van der Waals surface area (Å²) in [5.41, 5.74) is 8.46. The summed E-state index contributed by atoms with van der Waals surface area (Å²) in [5.74, 6) is -0.241. The molecule has 1 aromatic heterocycles. The second-order valence-electron chi connectivity index (χ2n) is 3.70. The van der Waals surface area contributed by atoms with Crippen LogP contribution in [0.25, 0.3) is 5.69 Å². The highest BCUT2D eigenvalue weighted by atomic mass is 19.1. The fraction of sp³-hybridized carbons (Fsp3) is 0.250. The molecule has 84 valence electrons. The Morgan fingerprint density at radius 2 is 2.00 bits per heavy atom. The van der Waals surface area contributed by atoms with Gasteiger partial charge in [0.1, 0.15) is 5.82 Å². The van der Waals surface area contributed by atoms with Crippen LogP contribution in [0.15, 0.2) is 30.5 Å². The second kappa shape index (κ2) is 4.45. The van der Waals surface area contributed by atoms with Gasteiger partial charge in [-0.3, -0.25) is 0 Å². The van der Waals surface area contributed by atoms with Crippen molar-refractivity contribution in [2.45, 2.75) is 13.3 Å². The van der Waals surface area contributed by atoms with Crippen LogP contribution < -0.4 is 5.73 Å². The van der Waals surface area contributed by atoms with E-state index in [1.54, 1.807) is 16.8 Å². The monoisotopic (exact) mass is 219 g/mol. The summed E-state index contributed by atoms with van der Waals surface area (Å²) in [7, 11) is 0. The van der Waals surface area contributed by atoms with Crippen LogP contribution in [0.3, 0.4) is 0 Å². The summed E-state index contributed by atoms with van der Waals surface area (Å²) in [6, 6.07) is 6.26. The Morgan fingerprint density at radius 3 is 2.62 bits per heavy atom. The number of nitrogens with zero attached hydrogens (tertiary/aromatic N) is 2. The van der Waals surface area contributed by atoms with Gasteiger partial charge in [-0.1, -0.05) is 0 Å². The van der Waals surface area contributed by atoms with Gasteiger partial charge < -0.3 is 5.73 Å². The van der Waals surface area contributed by atoms with Crippen molar-refractivity contribution in [1.29, 1.82) is 0 Å². The van der Waals surface area contributed by atoms with E-state index in [-0.39, 0.29) is 5.82 Å². The van der Waals surface area contributed by atoms with E-state index in [0.717, 1.165) is 23.4 Å². The van der Waals surface area contributed by atoms with Crippen molar-refractivity contribution >= 4 is 0 Å². The summed E-state index contributed by atoms with van der Waals surface area (Å²) < 4.78 is 14.5. The number of rotatable bonds is 3. The third kappa shape index (κ3) is 2.12. The molecule has 16 heavy (non-hydrogen) atoms. The Morgan fingerprint density at radius 1 is 1.31 bits per heavy atom. The molecule has 3 nitrogen and oxygen atoms in total. The van der Waals surface area contributed by atoms with Crippen molar-refractivity contribution < 1.29 is 4.39 Å². The molecule has 0 atom stereocenters. The predicted octanol–water partition coefficient (Wildman–Crippen LogP) is 1.82. The number of aromatic nitrogens is 2. The SMILES string of the molecule is Cc1nn(-c2ccc(F)cc2)cc1CCN. The van der Waals surface area contributed by atoms with Gasteiger partial charge >= 0.3 is 0 Å². The van der Waals surface area contributed by atoms with Crippen LogP contribution in [-0.4, -0.2) is 16.3 Å². The molecule has 0 aliphatic rings. The van der Waals surface area contributed by atoms with Gasteiger partial charge in [-0.2, -0.15) is 5.10 Å². The highest BCUT2D eigenvalue weighted by Crippen LogP contribution is 2.12. The van der Waals surface area contributed by atoms with E-state index in [9.17, 15) is 4.39 Å². The van der Waals surface area contributed by atoms with Gasteiger partial charge in [0, 0.05) is 6.20 Å². The van der Waals surface area contributed by atoms with E-state index < -0.39 is 0 Å². The van der Waals surface area contributed by atoms with Gasteiger partial charge in [-0.25, -0.2) is 9.07 Å². The normalized spacial score (nSPS) is 10.7. The summed E-state index contributed by atoms with van der Waals surface area (Å²) in [4.78, 5) is 0. The average molecular weight is 219 g/mol. The first-order valence-corrected chi connectivity index (χ1v) is 5.22. The average Bonchev–Trinajstić information content (AvgIpc) is 2.62. The van der Waals surface area contributed by atoms with E-state index in [1.807, 2.05) is 13.1 Å². The van der Waals surface area contributed by atoms with Crippen molar-refractivity contribution in [3.8, 4) is 5.69 Å². The zero-order chi connectivity index (χ0) is 11.5. The molecule has 0 saturated heterocycles. The molecule has 0 amide bonds. The van der Waals surface area contributed by atoms with Crippen molar-refractivity contribution in [2.75, 3.05) is 6.54 Å². The van der Waals surface area contributed by atoms with Crippen LogP contribution in [0, 0.1) is 12.7 Å². The molecule has 0 aliphatic carbocycles. The molecule has 0 fully saturated rings. The van der Waals surface area contributed by atoms with Crippen LogP contribution in [0.1, 0.15) is 11.3 Å². The zero-order valence-electron chi connectivity index (χ0n) is 9.15. The lowest BCUT2D eigenvalue weighted by Crippen LogP contribution is -2.02. The molecule has 2 N–H and O–H groups in total. The third-order valence-corrected chi connectivity index (χ3v) is 2.51. The topological polar surface area (TPSA) is 43.8 Å². The molecule has 0 saturated carbocycles. The summed E-state index contributed by atoms with van der Waals surface area (Å²) in [6.45, 7) is 2.56. The largest absolute Gasteiger partial charge is 0.330 e. The molecule has 1 aromatic carbocycles. The maximum atomic E-state index is 12.8. The Hall–Kier alpha value is -1.68. The molecule has 0 bridgehead atoms. The number of hydrogen-bond acceptors (Lipinski definition) is 2. The standard InChI is InChI=1S/C12H14FN3/c1-9-10(6-7-14)8-16(15-9)12-4-2-11(13)3-5-12/h2-5,8H,6-7,14H2,1H3. The molecular formula is C12H14FN3. The summed E-state index contributed by atoms with van der Waals surface area (Å²) >= 11 is 0. The Balaban J connectivity index is 2.33. The van der Waals surface area contributed by atoms with Crippen LogP contribution in [0.2, 0.25) is 0 Å². The zero-order valence-corrected chi connectivity index (χ0v) is 9.15. The lowest BCUT2D eigenvalue weighted by atomic mass is 10.2. The number of halogens is 1. The Kier molecular flexibility index (Phi) is 3.01. The maximum absolute atomic E-state index is 12.8. The molecule has 0 unspecified atom stereocenters. The first-order valence-electron chi connectivity index (χ1n) is 5.22. The number of benzene rings is 1. The minimum Gasteiger partial charge on any atom is -0.330 e. The van der Waals surface area contributed by atoms with Crippen LogP contribution in [0.4, 0.5) is 4.39 Å². The molecule has 0 aliphatic heterocycles. The van der Waals surface area contributed by atoms with Gasteiger partial charge in [-0.05, 0) is 49.7 Å². The van der Waals surface area contributed by atoms with Crippen molar-refractivity contribution in [3.63, 3.8) is 0 Å². The van der Waals surface area contributed by atoms with E-state index in [1.165, 1.54) is 12.1 Å².